The number of benzene rings is 1. The van der Waals surface area contributed by atoms with Gasteiger partial charge in [0.2, 0.25) is 0 Å². The lowest BCUT2D eigenvalue weighted by Gasteiger charge is -2.17. The number of rotatable bonds is 1. The fourth-order valence-corrected chi connectivity index (χ4v) is 2.29. The average Bonchev–Trinajstić information content (AvgIpc) is 2.72. The van der Waals surface area contributed by atoms with Crippen LogP contribution in [0.1, 0.15) is 24.7 Å². The van der Waals surface area contributed by atoms with Crippen molar-refractivity contribution in [3.05, 3.63) is 35.7 Å². The third-order valence-corrected chi connectivity index (χ3v) is 3.40. The second kappa shape index (κ2) is 3.99. The maximum atomic E-state index is 4.64. The molecule has 88 valence electrons. The van der Waals surface area contributed by atoms with E-state index in [4.69, 9.17) is 0 Å². The molecule has 1 aromatic heterocycles. The lowest BCUT2D eigenvalue weighted by molar-refractivity contribution is 0.368. The molecule has 3 heteroatoms. The van der Waals surface area contributed by atoms with E-state index < -0.39 is 0 Å². The van der Waals surface area contributed by atoms with Gasteiger partial charge in [-0.3, -0.25) is 0 Å². The van der Waals surface area contributed by atoms with E-state index in [0.717, 1.165) is 36.1 Å². The van der Waals surface area contributed by atoms with Gasteiger partial charge in [0.1, 0.15) is 5.82 Å². The summed E-state index contributed by atoms with van der Waals surface area (Å²) in [5, 5.41) is 4.61. The average molecular weight is 227 g/mol. The molecule has 1 unspecified atom stereocenters. The maximum absolute atomic E-state index is 4.64. The van der Waals surface area contributed by atoms with Crippen molar-refractivity contribution in [2.45, 2.75) is 33.2 Å². The first kappa shape index (κ1) is 10.5. The van der Waals surface area contributed by atoms with Gasteiger partial charge in [0.05, 0.1) is 0 Å². The molecule has 3 nitrogen and oxygen atoms in total. The van der Waals surface area contributed by atoms with Crippen molar-refractivity contribution in [1.29, 1.82) is 0 Å². The molecule has 0 spiro atoms. The second-order valence-electron chi connectivity index (χ2n) is 5.04. The van der Waals surface area contributed by atoms with Gasteiger partial charge in [0.25, 0.3) is 0 Å². The van der Waals surface area contributed by atoms with Gasteiger partial charge in [0.15, 0.2) is 5.82 Å². The molecule has 3 rings (SSSR count). The first-order valence-electron chi connectivity index (χ1n) is 6.23. The van der Waals surface area contributed by atoms with Crippen molar-refractivity contribution in [3.63, 3.8) is 0 Å². The lowest BCUT2D eigenvalue weighted by Crippen LogP contribution is -2.18. The van der Waals surface area contributed by atoms with Crippen molar-refractivity contribution in [3.8, 4) is 11.4 Å². The molecule has 2 aromatic rings. The highest BCUT2D eigenvalue weighted by Gasteiger charge is 2.18. The van der Waals surface area contributed by atoms with Gasteiger partial charge in [-0.15, -0.1) is 0 Å². The Morgan fingerprint density at radius 1 is 1.24 bits per heavy atom. The number of hydrogen-bond acceptors (Lipinski definition) is 2. The van der Waals surface area contributed by atoms with Gasteiger partial charge in [-0.05, 0) is 19.3 Å². The van der Waals surface area contributed by atoms with Crippen LogP contribution in [-0.2, 0) is 13.0 Å². The Labute approximate surface area is 101 Å². The molecule has 0 bridgehead atoms. The molecule has 1 aliphatic rings. The Bertz CT molecular complexity index is 525. The van der Waals surface area contributed by atoms with Crippen molar-refractivity contribution < 1.29 is 0 Å². The molecule has 17 heavy (non-hydrogen) atoms. The van der Waals surface area contributed by atoms with Crippen LogP contribution in [0.4, 0.5) is 0 Å². The van der Waals surface area contributed by atoms with Crippen LogP contribution in [0, 0.1) is 12.8 Å². The summed E-state index contributed by atoms with van der Waals surface area (Å²) in [4.78, 5) is 4.64. The normalized spacial score (nSPS) is 19.1. The van der Waals surface area contributed by atoms with E-state index in [2.05, 4.69) is 52.9 Å². The summed E-state index contributed by atoms with van der Waals surface area (Å²) in [5.41, 5.74) is 2.39. The van der Waals surface area contributed by atoms with Crippen molar-refractivity contribution >= 4 is 0 Å². The monoisotopic (exact) mass is 227 g/mol. The topological polar surface area (TPSA) is 30.7 Å². The molecule has 1 aliphatic heterocycles. The van der Waals surface area contributed by atoms with Gasteiger partial charge in [-0.1, -0.05) is 36.8 Å². The number of hydrogen-bond donors (Lipinski definition) is 0. The number of aryl methyl sites for hydroxylation is 2. The van der Waals surface area contributed by atoms with E-state index >= 15 is 0 Å². The standard InChI is InChI=1S/C14H17N3/c1-10-3-6-12(7-4-10)14-15-13-8-5-11(2)9-17(13)16-14/h3-4,6-7,11H,5,8-9H2,1-2H3. The fourth-order valence-electron chi connectivity index (χ4n) is 2.29. The van der Waals surface area contributed by atoms with Crippen LogP contribution in [0.25, 0.3) is 11.4 Å². The molecule has 1 atom stereocenters. The van der Waals surface area contributed by atoms with E-state index in [9.17, 15) is 0 Å². The number of nitrogens with zero attached hydrogens (tertiary/aromatic N) is 3. The first-order valence-corrected chi connectivity index (χ1v) is 6.23. The molecule has 1 aromatic carbocycles. The molecule has 0 aliphatic carbocycles. The quantitative estimate of drug-likeness (QED) is 0.750. The fraction of sp³-hybridized carbons (Fsp3) is 0.429. The zero-order valence-corrected chi connectivity index (χ0v) is 10.3. The minimum absolute atomic E-state index is 0.718. The summed E-state index contributed by atoms with van der Waals surface area (Å²) in [5.74, 6) is 2.72. The molecule has 0 fully saturated rings. The summed E-state index contributed by atoms with van der Waals surface area (Å²) in [6, 6.07) is 8.41. The van der Waals surface area contributed by atoms with E-state index in [0.29, 0.717) is 0 Å². The SMILES string of the molecule is Cc1ccc(-c2nc3n(n2)CC(C)CC3)cc1. The van der Waals surface area contributed by atoms with Gasteiger partial charge in [-0.2, -0.15) is 5.10 Å². The molecule has 0 N–H and O–H groups in total. The molecule has 2 heterocycles. The summed E-state index contributed by atoms with van der Waals surface area (Å²) < 4.78 is 2.07. The predicted molar refractivity (Wildman–Crippen MR) is 67.7 cm³/mol. The Balaban J connectivity index is 1.97. The molecule has 0 amide bonds. The molecule has 0 radical (unpaired) electrons. The zero-order valence-electron chi connectivity index (χ0n) is 10.3. The molecular weight excluding hydrogens is 210 g/mol. The Hall–Kier alpha value is -1.64. The number of fused-ring (bicyclic) bond motifs is 1. The van der Waals surface area contributed by atoms with Crippen LogP contribution < -0.4 is 0 Å². The largest absolute Gasteiger partial charge is 0.249 e. The third kappa shape index (κ3) is 1.97. The van der Waals surface area contributed by atoms with Crippen LogP contribution in [0.2, 0.25) is 0 Å². The van der Waals surface area contributed by atoms with E-state index in [1.807, 2.05) is 0 Å². The summed E-state index contributed by atoms with van der Waals surface area (Å²) in [7, 11) is 0. The zero-order chi connectivity index (χ0) is 11.8. The highest BCUT2D eigenvalue weighted by Crippen LogP contribution is 2.22. The van der Waals surface area contributed by atoms with Gasteiger partial charge < -0.3 is 0 Å². The van der Waals surface area contributed by atoms with E-state index in [-0.39, 0.29) is 0 Å². The Kier molecular flexibility index (Phi) is 2.46. The van der Waals surface area contributed by atoms with Crippen molar-refractivity contribution in [2.24, 2.45) is 5.92 Å². The molecule has 0 saturated carbocycles. The summed E-state index contributed by atoms with van der Waals surface area (Å²) in [6.45, 7) is 5.38. The predicted octanol–water partition coefficient (Wildman–Crippen LogP) is 2.84. The first-order chi connectivity index (χ1) is 8.22. The second-order valence-corrected chi connectivity index (χ2v) is 5.04. The summed E-state index contributed by atoms with van der Waals surface area (Å²) in [6.07, 6.45) is 2.28. The van der Waals surface area contributed by atoms with Crippen LogP contribution in [0.5, 0.6) is 0 Å². The van der Waals surface area contributed by atoms with Crippen LogP contribution in [-0.4, -0.2) is 14.8 Å². The van der Waals surface area contributed by atoms with Gasteiger partial charge >= 0.3 is 0 Å². The minimum atomic E-state index is 0.718. The lowest BCUT2D eigenvalue weighted by atomic mass is 10.0. The Morgan fingerprint density at radius 2 is 2.00 bits per heavy atom. The highest BCUT2D eigenvalue weighted by molar-refractivity contribution is 5.54. The maximum Gasteiger partial charge on any atom is 0.181 e. The Morgan fingerprint density at radius 3 is 2.76 bits per heavy atom. The van der Waals surface area contributed by atoms with Crippen LogP contribution >= 0.6 is 0 Å². The minimum Gasteiger partial charge on any atom is -0.249 e. The van der Waals surface area contributed by atoms with E-state index in [1.54, 1.807) is 0 Å². The smallest absolute Gasteiger partial charge is 0.181 e. The van der Waals surface area contributed by atoms with Crippen LogP contribution in [0.15, 0.2) is 24.3 Å². The molecular formula is C14H17N3. The summed E-state index contributed by atoms with van der Waals surface area (Å²) >= 11 is 0. The van der Waals surface area contributed by atoms with Crippen LogP contribution in [0.3, 0.4) is 0 Å². The molecule has 0 saturated heterocycles. The number of aromatic nitrogens is 3. The van der Waals surface area contributed by atoms with Crippen molar-refractivity contribution in [1.82, 2.24) is 14.8 Å². The highest BCUT2D eigenvalue weighted by atomic mass is 15.4. The van der Waals surface area contributed by atoms with Gasteiger partial charge in [0, 0.05) is 18.5 Å². The third-order valence-electron chi connectivity index (χ3n) is 3.40. The van der Waals surface area contributed by atoms with E-state index in [1.165, 1.54) is 12.0 Å². The van der Waals surface area contributed by atoms with Crippen molar-refractivity contribution in [2.75, 3.05) is 0 Å². The van der Waals surface area contributed by atoms with Gasteiger partial charge in [-0.25, -0.2) is 9.67 Å².